The Hall–Kier alpha value is -8.60. The topological polar surface area (TPSA) is 17.4 Å². The van der Waals surface area contributed by atoms with Crippen molar-refractivity contribution in [2.24, 2.45) is 10.8 Å². The molecule has 478 valence electrons. The van der Waals surface area contributed by atoms with Crippen LogP contribution in [0.25, 0.3) is 83.3 Å². The predicted molar refractivity (Wildman–Crippen MR) is 411 cm³/mol. The second kappa shape index (κ2) is 22.0. The Morgan fingerprint density at radius 2 is 1.05 bits per heavy atom. The summed E-state index contributed by atoms with van der Waals surface area (Å²) in [6.45, 7) is 43.0. The van der Waals surface area contributed by atoms with Crippen LogP contribution >= 0.6 is 0 Å². The van der Waals surface area contributed by atoms with Crippen LogP contribution in [0.15, 0.2) is 188 Å². The molecule has 1 aromatic heterocycles. The van der Waals surface area contributed by atoms with Crippen molar-refractivity contribution in [2.75, 3.05) is 11.4 Å². The molecule has 0 N–H and O–H groups in total. The molecular formula is C91H95BN2O. The maximum Gasteiger partial charge on any atom is 0.256 e. The number of ether oxygens (including phenoxy) is 1. The first-order valence-electron chi connectivity index (χ1n) is 35.2. The molecule has 0 radical (unpaired) electrons. The van der Waals surface area contributed by atoms with Crippen LogP contribution < -0.4 is 26.0 Å². The molecule has 0 saturated carbocycles. The van der Waals surface area contributed by atoms with Crippen molar-refractivity contribution >= 4 is 78.7 Å². The summed E-state index contributed by atoms with van der Waals surface area (Å²) in [5, 5.41) is 5.37. The van der Waals surface area contributed by atoms with Crippen LogP contribution in [0.3, 0.4) is 0 Å². The third-order valence-corrected chi connectivity index (χ3v) is 21.4. The average molecular weight is 1240 g/mol. The van der Waals surface area contributed by atoms with Crippen molar-refractivity contribution < 1.29 is 4.74 Å². The predicted octanol–water partition coefficient (Wildman–Crippen LogP) is 22.8. The molecule has 3 nitrogen and oxygen atoms in total. The lowest BCUT2D eigenvalue weighted by Gasteiger charge is -2.41. The minimum atomic E-state index is -0.120. The van der Waals surface area contributed by atoms with E-state index in [0.717, 1.165) is 49.4 Å². The Kier molecular flexibility index (Phi) is 14.5. The van der Waals surface area contributed by atoms with Gasteiger partial charge in [-0.1, -0.05) is 252 Å². The number of fused-ring (bicyclic) bond motifs is 7. The summed E-state index contributed by atoms with van der Waals surface area (Å²) < 4.78 is 10.1. The molecule has 3 heterocycles. The molecule has 15 rings (SSSR count). The first-order valence-corrected chi connectivity index (χ1v) is 35.2. The molecule has 2 aliphatic carbocycles. The number of aromatic nitrogens is 1. The highest BCUT2D eigenvalue weighted by molar-refractivity contribution is 6.99. The highest BCUT2D eigenvalue weighted by Crippen LogP contribution is 2.51. The quantitative estimate of drug-likeness (QED) is 0.141. The molecule has 0 saturated heterocycles. The van der Waals surface area contributed by atoms with E-state index in [9.17, 15) is 0 Å². The van der Waals surface area contributed by atoms with Crippen LogP contribution in [0.5, 0.6) is 11.5 Å². The van der Waals surface area contributed by atoms with Crippen LogP contribution in [0.2, 0.25) is 0 Å². The molecule has 4 heteroatoms. The molecule has 2 aliphatic heterocycles. The van der Waals surface area contributed by atoms with Gasteiger partial charge in [-0.3, -0.25) is 0 Å². The van der Waals surface area contributed by atoms with Crippen LogP contribution in [0, 0.1) is 10.8 Å². The molecule has 0 atom stereocenters. The second-order valence-corrected chi connectivity index (χ2v) is 34.8. The summed E-state index contributed by atoms with van der Waals surface area (Å²) in [5.41, 5.74) is 32.6. The van der Waals surface area contributed by atoms with Gasteiger partial charge in [0.1, 0.15) is 11.5 Å². The molecule has 11 aromatic rings. The first kappa shape index (κ1) is 62.5. The summed E-state index contributed by atoms with van der Waals surface area (Å²) in [7, 11) is 0. The van der Waals surface area contributed by atoms with E-state index in [1.54, 1.807) is 0 Å². The van der Waals surface area contributed by atoms with Crippen molar-refractivity contribution in [3.05, 3.63) is 238 Å². The van der Waals surface area contributed by atoms with E-state index in [4.69, 9.17) is 4.74 Å². The first-order chi connectivity index (χ1) is 44.8. The van der Waals surface area contributed by atoms with Gasteiger partial charge in [0.15, 0.2) is 0 Å². The van der Waals surface area contributed by atoms with Crippen molar-refractivity contribution in [3.8, 4) is 50.6 Å². The van der Waals surface area contributed by atoms with Crippen LogP contribution in [0.1, 0.15) is 181 Å². The molecule has 10 aromatic carbocycles. The normalized spacial score (nSPS) is 14.6. The Morgan fingerprint density at radius 3 is 1.63 bits per heavy atom. The monoisotopic (exact) mass is 1240 g/mol. The SMILES string of the molecule is CC(C)(C)Cc1cc2c3c(c1)N(CCc1c(-c4ccccc4)cc(C(C)(C)C)cc1-c1ccccc1)c1cc(-n4c5ccc(C(C)(C)C)cc5c5cc(C(C)(C)C)ccc54)ccc1B3c1cc(-c3cc4c5c6c(cc(C(C)(C)C)cc36)CC=C5CC(C(C)(C)C)=C4)ccc1O2. The lowest BCUT2D eigenvalue weighted by atomic mass is 9.34. The largest absolute Gasteiger partial charge is 0.458 e. The van der Waals surface area contributed by atoms with Gasteiger partial charge in [0, 0.05) is 34.4 Å². The van der Waals surface area contributed by atoms with Gasteiger partial charge in [-0.15, -0.1) is 0 Å². The van der Waals surface area contributed by atoms with E-state index < -0.39 is 0 Å². The van der Waals surface area contributed by atoms with E-state index in [1.807, 2.05) is 0 Å². The molecular weight excluding hydrogens is 1150 g/mol. The third kappa shape index (κ3) is 11.0. The number of benzene rings is 10. The Labute approximate surface area is 567 Å². The summed E-state index contributed by atoms with van der Waals surface area (Å²) in [6.07, 6.45) is 8.72. The fraction of sp³-hybridized carbons (Fsp3) is 0.319. The van der Waals surface area contributed by atoms with E-state index in [-0.39, 0.29) is 39.2 Å². The third-order valence-electron chi connectivity index (χ3n) is 21.4. The lowest BCUT2D eigenvalue weighted by molar-refractivity contribution is 0.410. The van der Waals surface area contributed by atoms with Crippen molar-refractivity contribution in [2.45, 2.75) is 172 Å². The lowest BCUT2D eigenvalue weighted by Crippen LogP contribution is -2.60. The number of rotatable bonds is 8. The molecule has 0 unspecified atom stereocenters. The number of hydrogen-bond acceptors (Lipinski definition) is 2. The molecule has 0 fully saturated rings. The van der Waals surface area contributed by atoms with Gasteiger partial charge in [-0.25, -0.2) is 0 Å². The van der Waals surface area contributed by atoms with Crippen LogP contribution in [-0.4, -0.2) is 17.8 Å². The fourth-order valence-electron chi connectivity index (χ4n) is 16.1. The minimum Gasteiger partial charge on any atom is -0.458 e. The zero-order valence-corrected chi connectivity index (χ0v) is 59.8. The van der Waals surface area contributed by atoms with Gasteiger partial charge in [0.05, 0.1) is 11.0 Å². The second-order valence-electron chi connectivity index (χ2n) is 34.8. The van der Waals surface area contributed by atoms with Gasteiger partial charge >= 0.3 is 0 Å². The highest BCUT2D eigenvalue weighted by Gasteiger charge is 2.43. The van der Waals surface area contributed by atoms with Gasteiger partial charge in [0.2, 0.25) is 0 Å². The van der Waals surface area contributed by atoms with E-state index in [1.165, 1.54) is 155 Å². The average Bonchev–Trinajstić information content (AvgIpc) is 1.50. The van der Waals surface area contributed by atoms with Crippen molar-refractivity contribution in [3.63, 3.8) is 0 Å². The van der Waals surface area contributed by atoms with Crippen molar-refractivity contribution in [1.29, 1.82) is 0 Å². The van der Waals surface area contributed by atoms with Crippen molar-refractivity contribution in [1.82, 2.24) is 4.57 Å². The van der Waals surface area contributed by atoms with Crippen LogP contribution in [-0.2, 0) is 40.9 Å². The maximum atomic E-state index is 7.53. The number of anilines is 2. The number of nitrogens with zero attached hydrogens (tertiary/aromatic N) is 2. The van der Waals surface area contributed by atoms with E-state index in [2.05, 4.69) is 322 Å². The highest BCUT2D eigenvalue weighted by atomic mass is 16.5. The zero-order valence-electron chi connectivity index (χ0n) is 59.8. The Bertz CT molecular complexity index is 4910. The summed E-state index contributed by atoms with van der Waals surface area (Å²) in [6, 6.07) is 69.1. The van der Waals surface area contributed by atoms with Gasteiger partial charge < -0.3 is 14.2 Å². The molecule has 4 aliphatic rings. The summed E-state index contributed by atoms with van der Waals surface area (Å²) >= 11 is 0. The smallest absolute Gasteiger partial charge is 0.256 e. The molecule has 0 bridgehead atoms. The fourth-order valence-corrected chi connectivity index (χ4v) is 16.1. The van der Waals surface area contributed by atoms with Gasteiger partial charge in [-0.2, -0.15) is 0 Å². The Balaban J connectivity index is 0.995. The molecule has 95 heavy (non-hydrogen) atoms. The standard InChI is InChI=1S/C91H95BN2O/c1-86(2,3)54-55-41-80-85-82(42-55)95-81-38-31-58(69-46-61-45-64(89(10,11)12)43-59-29-30-60-44-65(90(13,14)15)52-74(69)84(60)83(59)61)47-76(81)92(85)75-35-34-67(94-77-36-32-62(87(4,5)6)48-72(77)73-49-63(88(7,8)9)33-37-78(73)94)53-79(75)93(80)40-39-68-70(56-25-21-19-22-26-56)50-66(91(16,17)18)51-71(68)57-27-23-20-24-28-57/h19-29,31-38,41-42,44-53H,30,39-40,43,54H2,1-18H3. The van der Waals surface area contributed by atoms with Gasteiger partial charge in [-0.05, 0) is 241 Å². The van der Waals surface area contributed by atoms with Crippen LogP contribution in [0.4, 0.5) is 11.4 Å². The van der Waals surface area contributed by atoms with E-state index in [0.29, 0.717) is 0 Å². The van der Waals surface area contributed by atoms with E-state index >= 15 is 0 Å². The summed E-state index contributed by atoms with van der Waals surface area (Å²) in [5.74, 6) is 1.89. The molecule has 0 spiro atoms. The number of hydrogen-bond donors (Lipinski definition) is 0. The zero-order chi connectivity index (χ0) is 66.8. The summed E-state index contributed by atoms with van der Waals surface area (Å²) in [4.78, 5) is 2.72. The maximum absolute atomic E-state index is 7.53. The molecule has 0 amide bonds. The van der Waals surface area contributed by atoms with Gasteiger partial charge in [0.25, 0.3) is 6.71 Å². The number of allylic oxidation sites excluding steroid dienone is 3. The minimum absolute atomic E-state index is 0.0183. The Morgan fingerprint density at radius 1 is 0.463 bits per heavy atom.